The normalized spacial score (nSPS) is 13.5. The number of hydrogen-bond acceptors (Lipinski definition) is 5. The standard InChI is InChI=1S/C29H33FN4O4/c1-19-10-12-34(13-11-19)27-9-8-22(16-26(27)28(35)31-18-20-4-6-21(30)7-5-20)32-29(36)33-23-14-24(37-2)17-25(15-23)38-3/h4-9,14-17,19H,10-13,18H2,1-3H3,(H,31,35)(H2,32,33,36). The van der Waals surface area contributed by atoms with Gasteiger partial charge in [-0.25, -0.2) is 9.18 Å². The molecule has 38 heavy (non-hydrogen) atoms. The monoisotopic (exact) mass is 520 g/mol. The number of anilines is 3. The molecule has 1 fully saturated rings. The number of carbonyl (C=O) groups excluding carboxylic acids is 2. The number of halogens is 1. The van der Waals surface area contributed by atoms with Crippen LogP contribution in [0.5, 0.6) is 11.5 Å². The van der Waals surface area contributed by atoms with Gasteiger partial charge < -0.3 is 30.3 Å². The van der Waals surface area contributed by atoms with E-state index in [2.05, 4.69) is 27.8 Å². The number of urea groups is 1. The lowest BCUT2D eigenvalue weighted by Crippen LogP contribution is -2.35. The molecule has 0 aromatic heterocycles. The fourth-order valence-electron chi connectivity index (χ4n) is 4.37. The van der Waals surface area contributed by atoms with Crippen molar-refractivity contribution in [2.75, 3.05) is 42.8 Å². The second-order valence-electron chi connectivity index (χ2n) is 9.39. The Balaban J connectivity index is 1.52. The summed E-state index contributed by atoms with van der Waals surface area (Å²) >= 11 is 0. The Kier molecular flexibility index (Phi) is 8.68. The van der Waals surface area contributed by atoms with Crippen LogP contribution in [0, 0.1) is 11.7 Å². The van der Waals surface area contributed by atoms with Gasteiger partial charge in [0, 0.05) is 54.9 Å². The van der Waals surface area contributed by atoms with Gasteiger partial charge in [-0.3, -0.25) is 4.79 Å². The Morgan fingerprint density at radius 3 is 2.16 bits per heavy atom. The van der Waals surface area contributed by atoms with Gasteiger partial charge in [0.2, 0.25) is 0 Å². The number of carbonyl (C=O) groups is 2. The van der Waals surface area contributed by atoms with Crippen molar-refractivity contribution in [3.63, 3.8) is 0 Å². The second-order valence-corrected chi connectivity index (χ2v) is 9.39. The Hall–Kier alpha value is -4.27. The molecule has 8 nitrogen and oxygen atoms in total. The lowest BCUT2D eigenvalue weighted by Gasteiger charge is -2.33. The molecule has 4 rings (SSSR count). The number of nitrogens with zero attached hydrogens (tertiary/aromatic N) is 1. The Labute approximate surface area is 222 Å². The van der Waals surface area contributed by atoms with Crippen molar-refractivity contribution in [3.05, 3.63) is 77.6 Å². The van der Waals surface area contributed by atoms with Crippen molar-refractivity contribution < 1.29 is 23.5 Å². The van der Waals surface area contributed by atoms with Crippen molar-refractivity contribution in [2.45, 2.75) is 26.3 Å². The molecule has 0 unspecified atom stereocenters. The summed E-state index contributed by atoms with van der Waals surface area (Å²) < 4.78 is 23.8. The highest BCUT2D eigenvalue weighted by Gasteiger charge is 2.22. The lowest BCUT2D eigenvalue weighted by atomic mass is 9.97. The van der Waals surface area contributed by atoms with Crippen LogP contribution < -0.4 is 30.3 Å². The van der Waals surface area contributed by atoms with E-state index in [1.165, 1.54) is 26.4 Å². The van der Waals surface area contributed by atoms with Crippen LogP contribution in [0.2, 0.25) is 0 Å². The number of methoxy groups -OCH3 is 2. The van der Waals surface area contributed by atoms with Crippen LogP contribution in [0.15, 0.2) is 60.7 Å². The van der Waals surface area contributed by atoms with Gasteiger partial charge in [-0.05, 0) is 54.7 Å². The van der Waals surface area contributed by atoms with Crippen LogP contribution in [-0.4, -0.2) is 39.2 Å². The molecule has 3 amide bonds. The zero-order valence-electron chi connectivity index (χ0n) is 21.8. The molecule has 0 bridgehead atoms. The van der Waals surface area contributed by atoms with Crippen LogP contribution >= 0.6 is 0 Å². The van der Waals surface area contributed by atoms with Crippen LogP contribution in [0.4, 0.5) is 26.2 Å². The summed E-state index contributed by atoms with van der Waals surface area (Å²) in [4.78, 5) is 28.3. The minimum atomic E-state index is -0.475. The van der Waals surface area contributed by atoms with Gasteiger partial charge >= 0.3 is 6.03 Å². The molecule has 3 aromatic rings. The molecule has 3 N–H and O–H groups in total. The van der Waals surface area contributed by atoms with E-state index < -0.39 is 6.03 Å². The van der Waals surface area contributed by atoms with Crippen LogP contribution in [-0.2, 0) is 6.54 Å². The molecule has 3 aromatic carbocycles. The van der Waals surface area contributed by atoms with Gasteiger partial charge in [0.15, 0.2) is 0 Å². The highest BCUT2D eigenvalue weighted by molar-refractivity contribution is 6.04. The summed E-state index contributed by atoms with van der Waals surface area (Å²) in [5.74, 6) is 1.12. The fraction of sp³-hybridized carbons (Fsp3) is 0.310. The molecule has 200 valence electrons. The predicted octanol–water partition coefficient (Wildman–Crippen LogP) is 5.65. The quantitative estimate of drug-likeness (QED) is 0.357. The van der Waals surface area contributed by atoms with E-state index in [1.807, 2.05) is 6.07 Å². The number of hydrogen-bond donors (Lipinski definition) is 3. The van der Waals surface area contributed by atoms with Crippen molar-refractivity contribution in [1.29, 1.82) is 0 Å². The number of rotatable bonds is 8. The summed E-state index contributed by atoms with van der Waals surface area (Å²) in [5.41, 5.74) is 3.03. The SMILES string of the molecule is COc1cc(NC(=O)Nc2ccc(N3CCC(C)CC3)c(C(=O)NCc3ccc(F)cc3)c2)cc(OC)c1. The molecule has 1 heterocycles. The first-order valence-corrected chi connectivity index (χ1v) is 12.6. The number of nitrogens with one attached hydrogen (secondary N) is 3. The van der Waals surface area contributed by atoms with Crippen LogP contribution in [0.25, 0.3) is 0 Å². The summed E-state index contributed by atoms with van der Waals surface area (Å²) in [6, 6.07) is 15.9. The first-order chi connectivity index (χ1) is 18.3. The first-order valence-electron chi connectivity index (χ1n) is 12.6. The zero-order chi connectivity index (χ0) is 27.1. The van der Waals surface area contributed by atoms with E-state index >= 15 is 0 Å². The number of piperidine rings is 1. The van der Waals surface area contributed by atoms with Crippen molar-refractivity contribution in [2.24, 2.45) is 5.92 Å². The van der Waals surface area contributed by atoms with Crippen molar-refractivity contribution in [1.82, 2.24) is 5.32 Å². The summed E-state index contributed by atoms with van der Waals surface area (Å²) in [5, 5.41) is 8.50. The maximum absolute atomic E-state index is 13.3. The number of amides is 3. The smallest absolute Gasteiger partial charge is 0.323 e. The van der Waals surface area contributed by atoms with Gasteiger partial charge in [0.05, 0.1) is 19.8 Å². The highest BCUT2D eigenvalue weighted by Crippen LogP contribution is 2.30. The molecular weight excluding hydrogens is 487 g/mol. The molecule has 0 spiro atoms. The zero-order valence-corrected chi connectivity index (χ0v) is 21.8. The maximum atomic E-state index is 13.3. The maximum Gasteiger partial charge on any atom is 0.323 e. The van der Waals surface area contributed by atoms with Crippen LogP contribution in [0.1, 0.15) is 35.7 Å². The third kappa shape index (κ3) is 6.94. The second kappa shape index (κ2) is 12.3. The minimum absolute atomic E-state index is 0.255. The highest BCUT2D eigenvalue weighted by atomic mass is 19.1. The van der Waals surface area contributed by atoms with Gasteiger partial charge in [-0.1, -0.05) is 19.1 Å². The molecule has 0 aliphatic carbocycles. The Morgan fingerprint density at radius 2 is 1.53 bits per heavy atom. The van der Waals surface area contributed by atoms with Gasteiger partial charge in [-0.2, -0.15) is 0 Å². The van der Waals surface area contributed by atoms with Gasteiger partial charge in [0.25, 0.3) is 5.91 Å². The third-order valence-electron chi connectivity index (χ3n) is 6.60. The molecule has 1 aliphatic heterocycles. The Morgan fingerprint density at radius 1 is 0.895 bits per heavy atom. The van der Waals surface area contributed by atoms with Crippen molar-refractivity contribution >= 4 is 29.0 Å². The average Bonchev–Trinajstić information content (AvgIpc) is 2.92. The molecule has 0 radical (unpaired) electrons. The van der Waals surface area contributed by atoms with Gasteiger partial charge in [-0.15, -0.1) is 0 Å². The van der Waals surface area contributed by atoms with E-state index in [0.29, 0.717) is 34.4 Å². The first kappa shape index (κ1) is 26.8. The molecule has 1 aliphatic rings. The number of ether oxygens (including phenoxy) is 2. The molecular formula is C29H33FN4O4. The van der Waals surface area contributed by atoms with E-state index in [1.54, 1.807) is 42.5 Å². The topological polar surface area (TPSA) is 91.9 Å². The van der Waals surface area contributed by atoms with E-state index in [4.69, 9.17) is 9.47 Å². The third-order valence-corrected chi connectivity index (χ3v) is 6.60. The average molecular weight is 521 g/mol. The molecule has 1 saturated heterocycles. The predicted molar refractivity (Wildman–Crippen MR) is 147 cm³/mol. The lowest BCUT2D eigenvalue weighted by molar-refractivity contribution is 0.0951. The largest absolute Gasteiger partial charge is 0.497 e. The van der Waals surface area contributed by atoms with E-state index in [9.17, 15) is 14.0 Å². The fourth-order valence-corrected chi connectivity index (χ4v) is 4.37. The van der Waals surface area contributed by atoms with E-state index in [-0.39, 0.29) is 18.3 Å². The summed E-state index contributed by atoms with van der Waals surface area (Å²) in [6.45, 7) is 4.19. The molecule has 9 heteroatoms. The van der Waals surface area contributed by atoms with Crippen molar-refractivity contribution in [3.8, 4) is 11.5 Å². The molecule has 0 saturated carbocycles. The summed E-state index contributed by atoms with van der Waals surface area (Å²) in [7, 11) is 3.07. The van der Waals surface area contributed by atoms with E-state index in [0.717, 1.165) is 37.2 Å². The van der Waals surface area contributed by atoms with Crippen LogP contribution in [0.3, 0.4) is 0 Å². The van der Waals surface area contributed by atoms with Gasteiger partial charge in [0.1, 0.15) is 17.3 Å². The summed E-state index contributed by atoms with van der Waals surface area (Å²) in [6.07, 6.45) is 2.09. The number of benzene rings is 3. The molecule has 0 atom stereocenters. The minimum Gasteiger partial charge on any atom is -0.497 e. The Bertz CT molecular complexity index is 1250.